The van der Waals surface area contributed by atoms with Gasteiger partial charge >= 0.3 is 0 Å². The summed E-state index contributed by atoms with van der Waals surface area (Å²) in [7, 11) is 1.66. The summed E-state index contributed by atoms with van der Waals surface area (Å²) in [5.74, 6) is 0.0123. The molecule has 4 nitrogen and oxygen atoms in total. The molecule has 1 amide bonds. The van der Waals surface area contributed by atoms with Crippen molar-refractivity contribution in [1.29, 1.82) is 0 Å². The summed E-state index contributed by atoms with van der Waals surface area (Å²) in [6.45, 7) is 1.66. The average molecular weight is 158 g/mol. The van der Waals surface area contributed by atoms with E-state index in [4.69, 9.17) is 10.5 Å². The third-order valence-corrected chi connectivity index (χ3v) is 2.04. The summed E-state index contributed by atoms with van der Waals surface area (Å²) in [6.07, 6.45) is 0.577. The lowest BCUT2D eigenvalue weighted by molar-refractivity contribution is -0.119. The maximum atomic E-state index is 10.6. The van der Waals surface area contributed by atoms with Gasteiger partial charge < -0.3 is 15.8 Å². The largest absolute Gasteiger partial charge is 0.380 e. The van der Waals surface area contributed by atoms with Crippen LogP contribution in [0.1, 0.15) is 6.42 Å². The zero-order valence-electron chi connectivity index (χ0n) is 6.67. The van der Waals surface area contributed by atoms with Crippen molar-refractivity contribution in [2.75, 3.05) is 20.2 Å². The molecule has 0 unspecified atom stereocenters. The first kappa shape index (κ1) is 8.49. The van der Waals surface area contributed by atoms with Gasteiger partial charge in [0.05, 0.1) is 6.10 Å². The maximum absolute atomic E-state index is 10.6. The highest BCUT2D eigenvalue weighted by Gasteiger charge is 2.27. The lowest BCUT2D eigenvalue weighted by Crippen LogP contribution is -2.26. The van der Waals surface area contributed by atoms with Crippen LogP contribution in [0.15, 0.2) is 0 Å². The molecular weight excluding hydrogens is 144 g/mol. The van der Waals surface area contributed by atoms with Crippen LogP contribution in [0.5, 0.6) is 0 Å². The number of carbonyl (C=O) groups excluding carboxylic acids is 1. The summed E-state index contributed by atoms with van der Waals surface area (Å²) in [6, 6.07) is 0. The van der Waals surface area contributed by atoms with Crippen LogP contribution in [-0.2, 0) is 9.53 Å². The fraction of sp³-hybridized carbons (Fsp3) is 0.857. The van der Waals surface area contributed by atoms with E-state index in [1.807, 2.05) is 0 Å². The van der Waals surface area contributed by atoms with E-state index in [1.54, 1.807) is 7.11 Å². The Morgan fingerprint density at radius 3 is 3.00 bits per heavy atom. The first-order valence-electron chi connectivity index (χ1n) is 3.76. The molecule has 11 heavy (non-hydrogen) atoms. The number of hydrogen-bond acceptors (Lipinski definition) is 3. The third kappa shape index (κ3) is 2.17. The molecule has 0 aromatic rings. The molecule has 0 bridgehead atoms. The Hall–Kier alpha value is -0.610. The Labute approximate surface area is 66.1 Å². The van der Waals surface area contributed by atoms with E-state index in [2.05, 4.69) is 5.32 Å². The van der Waals surface area contributed by atoms with Crippen molar-refractivity contribution in [1.82, 2.24) is 5.32 Å². The molecule has 1 saturated heterocycles. The first-order chi connectivity index (χ1) is 5.24. The Kier molecular flexibility index (Phi) is 2.84. The molecule has 1 aliphatic rings. The van der Waals surface area contributed by atoms with E-state index in [0.29, 0.717) is 6.42 Å². The van der Waals surface area contributed by atoms with Gasteiger partial charge in [-0.15, -0.1) is 0 Å². The molecule has 0 radical (unpaired) electrons. The molecular formula is C7H14N2O2. The number of carbonyl (C=O) groups is 1. The number of rotatable bonds is 3. The van der Waals surface area contributed by atoms with Gasteiger partial charge in [-0.2, -0.15) is 0 Å². The highest BCUT2D eigenvalue weighted by molar-refractivity contribution is 5.74. The topological polar surface area (TPSA) is 64.3 Å². The molecule has 1 aliphatic heterocycles. The molecule has 1 heterocycles. The monoisotopic (exact) mass is 158 g/mol. The summed E-state index contributed by atoms with van der Waals surface area (Å²) in [5, 5.41) is 3.15. The van der Waals surface area contributed by atoms with Crippen LogP contribution in [-0.4, -0.2) is 32.2 Å². The van der Waals surface area contributed by atoms with Gasteiger partial charge in [0.1, 0.15) is 0 Å². The predicted octanol–water partition coefficient (Wildman–Crippen LogP) is -0.904. The van der Waals surface area contributed by atoms with Crippen molar-refractivity contribution in [3.8, 4) is 0 Å². The van der Waals surface area contributed by atoms with Gasteiger partial charge in [0.2, 0.25) is 5.91 Å². The second-order valence-corrected chi connectivity index (χ2v) is 2.86. The van der Waals surface area contributed by atoms with Crippen molar-refractivity contribution in [3.63, 3.8) is 0 Å². The van der Waals surface area contributed by atoms with E-state index >= 15 is 0 Å². The van der Waals surface area contributed by atoms with Crippen LogP contribution in [0.25, 0.3) is 0 Å². The van der Waals surface area contributed by atoms with Crippen molar-refractivity contribution in [2.45, 2.75) is 12.5 Å². The fourth-order valence-corrected chi connectivity index (χ4v) is 1.45. The van der Waals surface area contributed by atoms with Crippen LogP contribution >= 0.6 is 0 Å². The fourth-order valence-electron chi connectivity index (χ4n) is 1.45. The van der Waals surface area contributed by atoms with Gasteiger partial charge in [-0.25, -0.2) is 0 Å². The Morgan fingerprint density at radius 1 is 1.73 bits per heavy atom. The minimum Gasteiger partial charge on any atom is -0.380 e. The lowest BCUT2D eigenvalue weighted by Gasteiger charge is -2.14. The van der Waals surface area contributed by atoms with Crippen LogP contribution in [0.3, 0.4) is 0 Å². The van der Waals surface area contributed by atoms with Gasteiger partial charge in [0, 0.05) is 32.5 Å². The van der Waals surface area contributed by atoms with Crippen molar-refractivity contribution >= 4 is 5.91 Å². The minimum atomic E-state index is -0.249. The Bertz CT molecular complexity index is 149. The number of nitrogens with two attached hydrogens (primary N) is 1. The molecule has 2 atom stereocenters. The average Bonchev–Trinajstić information content (AvgIpc) is 2.34. The zero-order chi connectivity index (χ0) is 8.27. The number of nitrogens with one attached hydrogen (secondary N) is 1. The number of methoxy groups -OCH3 is 1. The molecule has 1 fully saturated rings. The highest BCUT2D eigenvalue weighted by Crippen LogP contribution is 2.15. The zero-order valence-corrected chi connectivity index (χ0v) is 6.67. The number of primary amides is 1. The summed E-state index contributed by atoms with van der Waals surface area (Å²) < 4.78 is 5.15. The number of hydrogen-bond donors (Lipinski definition) is 2. The van der Waals surface area contributed by atoms with Crippen molar-refractivity contribution < 1.29 is 9.53 Å². The standard InChI is InChI=1S/C7H14N2O2/c1-11-6-4-9-3-5(6)2-7(8)10/h5-6,9H,2-4H2,1H3,(H2,8,10)/t5-,6-/m0/s1. The molecule has 3 N–H and O–H groups in total. The molecule has 0 spiro atoms. The van der Waals surface area contributed by atoms with Crippen LogP contribution in [0.4, 0.5) is 0 Å². The molecule has 0 aromatic heterocycles. The second-order valence-electron chi connectivity index (χ2n) is 2.86. The van der Waals surface area contributed by atoms with Crippen LogP contribution in [0, 0.1) is 5.92 Å². The third-order valence-electron chi connectivity index (χ3n) is 2.04. The van der Waals surface area contributed by atoms with E-state index in [9.17, 15) is 4.79 Å². The van der Waals surface area contributed by atoms with Gasteiger partial charge in [-0.05, 0) is 0 Å². The van der Waals surface area contributed by atoms with Gasteiger partial charge in [-0.3, -0.25) is 4.79 Å². The lowest BCUT2D eigenvalue weighted by atomic mass is 10.0. The highest BCUT2D eigenvalue weighted by atomic mass is 16.5. The number of ether oxygens (including phenoxy) is 1. The van der Waals surface area contributed by atoms with Crippen molar-refractivity contribution in [3.05, 3.63) is 0 Å². The van der Waals surface area contributed by atoms with Gasteiger partial charge in [-0.1, -0.05) is 0 Å². The molecule has 4 heteroatoms. The molecule has 0 aromatic carbocycles. The van der Waals surface area contributed by atoms with Gasteiger partial charge in [0.25, 0.3) is 0 Å². The molecule has 0 saturated carbocycles. The summed E-state index contributed by atoms with van der Waals surface area (Å²) in [5.41, 5.74) is 5.07. The smallest absolute Gasteiger partial charge is 0.217 e. The quantitative estimate of drug-likeness (QED) is 0.559. The minimum absolute atomic E-state index is 0.155. The van der Waals surface area contributed by atoms with Crippen molar-refractivity contribution in [2.24, 2.45) is 11.7 Å². The number of amides is 1. The van der Waals surface area contributed by atoms with E-state index in [1.165, 1.54) is 0 Å². The van der Waals surface area contributed by atoms with Crippen LogP contribution < -0.4 is 11.1 Å². The molecule has 0 aliphatic carbocycles. The van der Waals surface area contributed by atoms with Gasteiger partial charge in [0.15, 0.2) is 0 Å². The van der Waals surface area contributed by atoms with E-state index < -0.39 is 0 Å². The summed E-state index contributed by atoms with van der Waals surface area (Å²) >= 11 is 0. The molecule has 64 valence electrons. The maximum Gasteiger partial charge on any atom is 0.217 e. The molecule has 1 rings (SSSR count). The first-order valence-corrected chi connectivity index (χ1v) is 3.76. The van der Waals surface area contributed by atoms with E-state index in [-0.39, 0.29) is 17.9 Å². The predicted molar refractivity (Wildman–Crippen MR) is 41.0 cm³/mol. The van der Waals surface area contributed by atoms with Crippen LogP contribution in [0.2, 0.25) is 0 Å². The van der Waals surface area contributed by atoms with E-state index in [0.717, 1.165) is 13.1 Å². The Balaban J connectivity index is 2.37. The second kappa shape index (κ2) is 3.69. The Morgan fingerprint density at radius 2 is 2.45 bits per heavy atom. The SMILES string of the molecule is CO[C@H]1CNC[C@@H]1CC(N)=O. The normalized spacial score (nSPS) is 30.6. The summed E-state index contributed by atoms with van der Waals surface area (Å²) in [4.78, 5) is 10.6.